The molecule has 122 valence electrons. The minimum atomic E-state index is 0.0695. The fourth-order valence-corrected chi connectivity index (χ4v) is 4.00. The van der Waals surface area contributed by atoms with Crippen molar-refractivity contribution in [1.29, 1.82) is 0 Å². The van der Waals surface area contributed by atoms with E-state index in [1.165, 1.54) is 5.75 Å². The van der Waals surface area contributed by atoms with Crippen LogP contribution in [0, 0.1) is 5.41 Å². The lowest BCUT2D eigenvalue weighted by Gasteiger charge is -2.36. The fraction of sp³-hybridized carbons (Fsp3) is 0.938. The SMILES string of the molecule is CC(C)(C)CC(=O)N1CCCSCC1CN1CCOCC1. The van der Waals surface area contributed by atoms with Crippen molar-refractivity contribution in [3.63, 3.8) is 0 Å². The predicted molar refractivity (Wildman–Crippen MR) is 88.8 cm³/mol. The van der Waals surface area contributed by atoms with Crippen LogP contribution in [0.25, 0.3) is 0 Å². The molecular weight excluding hydrogens is 284 g/mol. The molecule has 2 heterocycles. The van der Waals surface area contributed by atoms with Crippen LogP contribution in [0.5, 0.6) is 0 Å². The van der Waals surface area contributed by atoms with Crippen LogP contribution in [0.4, 0.5) is 0 Å². The van der Waals surface area contributed by atoms with Gasteiger partial charge in [-0.15, -0.1) is 0 Å². The van der Waals surface area contributed by atoms with E-state index in [0.717, 1.165) is 51.6 Å². The molecule has 0 aromatic carbocycles. The van der Waals surface area contributed by atoms with Gasteiger partial charge in [0.1, 0.15) is 0 Å². The number of carbonyl (C=O) groups is 1. The lowest BCUT2D eigenvalue weighted by Crippen LogP contribution is -2.50. The molecule has 0 N–H and O–H groups in total. The summed E-state index contributed by atoms with van der Waals surface area (Å²) >= 11 is 2.00. The van der Waals surface area contributed by atoms with Crippen LogP contribution in [0.3, 0.4) is 0 Å². The van der Waals surface area contributed by atoms with Crippen molar-refractivity contribution in [2.24, 2.45) is 5.41 Å². The molecular formula is C16H30N2O2S. The zero-order chi connectivity index (χ0) is 15.3. The quantitative estimate of drug-likeness (QED) is 0.798. The molecule has 1 atom stereocenters. The second kappa shape index (κ2) is 7.84. The lowest BCUT2D eigenvalue weighted by atomic mass is 9.91. The fourth-order valence-electron chi connectivity index (χ4n) is 2.95. The number of nitrogens with zero attached hydrogens (tertiary/aromatic N) is 2. The van der Waals surface area contributed by atoms with Gasteiger partial charge in [0.05, 0.1) is 19.3 Å². The van der Waals surface area contributed by atoms with E-state index in [1.54, 1.807) is 0 Å². The summed E-state index contributed by atoms with van der Waals surface area (Å²) in [6.07, 6.45) is 1.78. The summed E-state index contributed by atoms with van der Waals surface area (Å²) in [5.74, 6) is 2.59. The number of carbonyl (C=O) groups excluding carboxylic acids is 1. The molecule has 2 saturated heterocycles. The summed E-state index contributed by atoms with van der Waals surface area (Å²) < 4.78 is 5.43. The third-order valence-electron chi connectivity index (χ3n) is 4.01. The Morgan fingerprint density at radius 1 is 1.24 bits per heavy atom. The molecule has 0 saturated carbocycles. The Labute approximate surface area is 133 Å². The maximum absolute atomic E-state index is 12.7. The Bertz CT molecular complexity index is 338. The highest BCUT2D eigenvalue weighted by Crippen LogP contribution is 2.24. The number of hydrogen-bond donors (Lipinski definition) is 0. The van der Waals surface area contributed by atoms with Crippen LogP contribution in [0.15, 0.2) is 0 Å². The Hall–Kier alpha value is -0.260. The molecule has 5 heteroatoms. The standard InChI is InChI=1S/C16H30N2O2S/c1-16(2,3)11-15(19)18-5-4-10-21-13-14(18)12-17-6-8-20-9-7-17/h14H,4-13H2,1-3H3. The van der Waals surface area contributed by atoms with E-state index >= 15 is 0 Å². The Morgan fingerprint density at radius 2 is 1.95 bits per heavy atom. The molecule has 0 spiro atoms. The maximum Gasteiger partial charge on any atom is 0.223 e. The van der Waals surface area contributed by atoms with Crippen LogP contribution >= 0.6 is 11.8 Å². The predicted octanol–water partition coefficient (Wildman–Crippen LogP) is 2.09. The first-order chi connectivity index (χ1) is 9.96. The summed E-state index contributed by atoms with van der Waals surface area (Å²) in [6, 6.07) is 0.366. The molecule has 0 bridgehead atoms. The van der Waals surface area contributed by atoms with Crippen molar-refractivity contribution in [2.75, 3.05) is 50.9 Å². The third kappa shape index (κ3) is 5.80. The Morgan fingerprint density at radius 3 is 2.62 bits per heavy atom. The monoisotopic (exact) mass is 314 g/mol. The average Bonchev–Trinajstić information content (AvgIpc) is 2.63. The van der Waals surface area contributed by atoms with E-state index in [0.29, 0.717) is 18.4 Å². The van der Waals surface area contributed by atoms with Crippen LogP contribution in [-0.4, -0.2) is 72.6 Å². The van der Waals surface area contributed by atoms with Gasteiger partial charge in [-0.25, -0.2) is 0 Å². The number of thioether (sulfide) groups is 1. The first-order valence-electron chi connectivity index (χ1n) is 8.13. The topological polar surface area (TPSA) is 32.8 Å². The summed E-state index contributed by atoms with van der Waals surface area (Å²) in [6.45, 7) is 12.0. The van der Waals surface area contributed by atoms with E-state index in [1.807, 2.05) is 11.8 Å². The van der Waals surface area contributed by atoms with E-state index in [2.05, 4.69) is 30.6 Å². The van der Waals surface area contributed by atoms with E-state index in [4.69, 9.17) is 4.74 Å². The van der Waals surface area contributed by atoms with Gasteiger partial charge in [0.2, 0.25) is 5.91 Å². The van der Waals surface area contributed by atoms with Gasteiger partial charge in [0, 0.05) is 38.4 Å². The lowest BCUT2D eigenvalue weighted by molar-refractivity contribution is -0.135. The largest absolute Gasteiger partial charge is 0.379 e. The highest BCUT2D eigenvalue weighted by Gasteiger charge is 2.30. The third-order valence-corrected chi connectivity index (χ3v) is 5.21. The number of morpholine rings is 1. The molecule has 2 aliphatic heterocycles. The van der Waals surface area contributed by atoms with Gasteiger partial charge in [-0.3, -0.25) is 9.69 Å². The summed E-state index contributed by atoms with van der Waals surface area (Å²) in [5.41, 5.74) is 0.0695. The van der Waals surface area contributed by atoms with Gasteiger partial charge in [-0.1, -0.05) is 20.8 Å². The highest BCUT2D eigenvalue weighted by molar-refractivity contribution is 7.99. The van der Waals surface area contributed by atoms with Crippen molar-refractivity contribution < 1.29 is 9.53 Å². The van der Waals surface area contributed by atoms with Crippen molar-refractivity contribution >= 4 is 17.7 Å². The number of amides is 1. The molecule has 0 aromatic heterocycles. The van der Waals surface area contributed by atoms with Gasteiger partial charge >= 0.3 is 0 Å². The molecule has 1 amide bonds. The Kier molecular flexibility index (Phi) is 6.38. The van der Waals surface area contributed by atoms with E-state index in [-0.39, 0.29) is 5.41 Å². The summed E-state index contributed by atoms with van der Waals surface area (Å²) in [7, 11) is 0. The Balaban J connectivity index is 1.97. The number of ether oxygens (including phenoxy) is 1. The molecule has 0 radical (unpaired) electrons. The van der Waals surface area contributed by atoms with Crippen LogP contribution < -0.4 is 0 Å². The first-order valence-corrected chi connectivity index (χ1v) is 9.28. The van der Waals surface area contributed by atoms with E-state index in [9.17, 15) is 4.79 Å². The van der Waals surface area contributed by atoms with Gasteiger partial charge in [-0.2, -0.15) is 11.8 Å². The zero-order valence-electron chi connectivity index (χ0n) is 13.8. The van der Waals surface area contributed by atoms with Crippen LogP contribution in [0.1, 0.15) is 33.6 Å². The summed E-state index contributed by atoms with van der Waals surface area (Å²) in [5, 5.41) is 0. The summed E-state index contributed by atoms with van der Waals surface area (Å²) in [4.78, 5) is 17.3. The van der Waals surface area contributed by atoms with Crippen LogP contribution in [0.2, 0.25) is 0 Å². The van der Waals surface area contributed by atoms with Crippen molar-refractivity contribution in [3.05, 3.63) is 0 Å². The van der Waals surface area contributed by atoms with Gasteiger partial charge in [-0.05, 0) is 17.6 Å². The van der Waals surface area contributed by atoms with Crippen molar-refractivity contribution in [2.45, 2.75) is 39.7 Å². The molecule has 0 aliphatic carbocycles. The second-order valence-electron chi connectivity index (χ2n) is 7.32. The highest BCUT2D eigenvalue weighted by atomic mass is 32.2. The molecule has 2 rings (SSSR count). The number of hydrogen-bond acceptors (Lipinski definition) is 4. The zero-order valence-corrected chi connectivity index (χ0v) is 14.6. The van der Waals surface area contributed by atoms with Gasteiger partial charge < -0.3 is 9.64 Å². The normalized spacial score (nSPS) is 25.7. The second-order valence-corrected chi connectivity index (χ2v) is 8.47. The smallest absolute Gasteiger partial charge is 0.223 e. The maximum atomic E-state index is 12.7. The van der Waals surface area contributed by atoms with Crippen molar-refractivity contribution in [3.8, 4) is 0 Å². The first kappa shape index (κ1) is 17.1. The molecule has 0 aromatic rings. The molecule has 2 aliphatic rings. The van der Waals surface area contributed by atoms with E-state index < -0.39 is 0 Å². The molecule has 2 fully saturated rings. The molecule has 1 unspecified atom stereocenters. The van der Waals surface area contributed by atoms with Gasteiger partial charge in [0.25, 0.3) is 0 Å². The minimum Gasteiger partial charge on any atom is -0.379 e. The van der Waals surface area contributed by atoms with Gasteiger partial charge in [0.15, 0.2) is 0 Å². The molecule has 21 heavy (non-hydrogen) atoms. The minimum absolute atomic E-state index is 0.0695. The molecule has 4 nitrogen and oxygen atoms in total. The van der Waals surface area contributed by atoms with Crippen LogP contribution in [-0.2, 0) is 9.53 Å². The van der Waals surface area contributed by atoms with Crippen molar-refractivity contribution in [1.82, 2.24) is 9.80 Å². The number of rotatable bonds is 3. The average molecular weight is 314 g/mol.